The molecule has 2 rings (SSSR count). The second-order valence-electron chi connectivity index (χ2n) is 4.38. The quantitative estimate of drug-likeness (QED) is 0.796. The molecule has 0 radical (unpaired) electrons. The molecule has 5 nitrogen and oxygen atoms in total. The number of aliphatic hydroxyl groups is 1. The van der Waals surface area contributed by atoms with Gasteiger partial charge < -0.3 is 10.8 Å². The molecule has 0 aliphatic carbocycles. The van der Waals surface area contributed by atoms with Crippen LogP contribution in [0, 0.1) is 6.92 Å². The zero-order valence-electron chi connectivity index (χ0n) is 11.3. The molecule has 0 saturated carbocycles. The lowest BCUT2D eigenvalue weighted by atomic mass is 10.2. The topological polar surface area (TPSA) is 75.9 Å². The van der Waals surface area contributed by atoms with Crippen molar-refractivity contribution < 1.29 is 9.67 Å². The van der Waals surface area contributed by atoms with Gasteiger partial charge in [-0.1, -0.05) is 18.3 Å². The molecule has 0 fully saturated rings. The predicted octanol–water partition coefficient (Wildman–Crippen LogP) is 0.862. The molecule has 2 aromatic rings. The highest BCUT2D eigenvalue weighted by atomic mass is 32.1. The third-order valence-electron chi connectivity index (χ3n) is 3.10. The first kappa shape index (κ1) is 13.9. The zero-order valence-corrected chi connectivity index (χ0v) is 12.1. The van der Waals surface area contributed by atoms with Gasteiger partial charge in [0.1, 0.15) is 11.6 Å². The molecule has 0 amide bonds. The number of aromatic nitrogens is 3. The first-order chi connectivity index (χ1) is 9.15. The Morgan fingerprint density at radius 1 is 1.47 bits per heavy atom. The minimum Gasteiger partial charge on any atom is -0.396 e. The average Bonchev–Trinajstić information content (AvgIpc) is 2.74. The van der Waals surface area contributed by atoms with Crippen molar-refractivity contribution in [1.29, 1.82) is 0 Å². The second-order valence-corrected chi connectivity index (χ2v) is 5.32. The van der Waals surface area contributed by atoms with Crippen molar-refractivity contribution in [3.63, 3.8) is 0 Å². The molecule has 0 atom stereocenters. The van der Waals surface area contributed by atoms with E-state index >= 15 is 0 Å². The number of hydrogen-bond donors (Lipinski definition) is 2. The summed E-state index contributed by atoms with van der Waals surface area (Å²) in [4.78, 5) is 9.76. The van der Waals surface area contributed by atoms with Crippen LogP contribution in [0.4, 0.5) is 5.82 Å². The minimum atomic E-state index is 0.178. The molecule has 0 unspecified atom stereocenters. The predicted molar refractivity (Wildman–Crippen MR) is 75.0 cm³/mol. The maximum absolute atomic E-state index is 9.00. The molecule has 0 spiro atoms. The van der Waals surface area contributed by atoms with Crippen molar-refractivity contribution in [2.75, 3.05) is 12.3 Å². The number of thiazole rings is 1. The Labute approximate surface area is 116 Å². The lowest BCUT2D eigenvalue weighted by Crippen LogP contribution is -2.35. The monoisotopic (exact) mass is 279 g/mol. The number of nitrogens with two attached hydrogens (primary N) is 1. The van der Waals surface area contributed by atoms with Crippen LogP contribution in [0.2, 0.25) is 0 Å². The van der Waals surface area contributed by atoms with Gasteiger partial charge in [0.15, 0.2) is 12.2 Å². The molecule has 0 aliphatic rings. The molecule has 0 aliphatic heterocycles. The molecular weight excluding hydrogens is 260 g/mol. The summed E-state index contributed by atoms with van der Waals surface area (Å²) in [5.41, 5.74) is 10.1. The SMILES string of the molecule is CCc1ncc(C[n+]2csc(CCO)c2C)c(N)n1. The summed E-state index contributed by atoms with van der Waals surface area (Å²) in [6, 6.07) is 0. The van der Waals surface area contributed by atoms with E-state index in [2.05, 4.69) is 21.5 Å². The van der Waals surface area contributed by atoms with E-state index in [1.165, 1.54) is 4.88 Å². The van der Waals surface area contributed by atoms with Crippen LogP contribution in [0.1, 0.15) is 28.9 Å². The van der Waals surface area contributed by atoms with Gasteiger partial charge in [-0.2, -0.15) is 4.57 Å². The van der Waals surface area contributed by atoms with E-state index in [0.717, 1.165) is 23.5 Å². The summed E-state index contributed by atoms with van der Waals surface area (Å²) in [6.07, 6.45) is 3.29. The number of nitrogens with zero attached hydrogens (tertiary/aromatic N) is 3. The van der Waals surface area contributed by atoms with E-state index in [9.17, 15) is 0 Å². The normalized spacial score (nSPS) is 10.9. The van der Waals surface area contributed by atoms with Crippen LogP contribution in [-0.2, 0) is 19.4 Å². The minimum absolute atomic E-state index is 0.178. The highest BCUT2D eigenvalue weighted by molar-refractivity contribution is 7.09. The van der Waals surface area contributed by atoms with Crippen molar-refractivity contribution in [2.24, 2.45) is 0 Å². The standard InChI is InChI=1S/C13H19N4OS/c1-3-12-15-6-10(13(14)16-12)7-17-8-19-11(4-5-18)9(17)2/h6,8,18H,3-5,7H2,1-2H3,(H2,14,15,16)/q+1. The Morgan fingerprint density at radius 3 is 2.89 bits per heavy atom. The van der Waals surface area contributed by atoms with E-state index in [1.807, 2.05) is 12.4 Å². The number of nitrogen functional groups attached to an aromatic ring is 1. The van der Waals surface area contributed by atoms with E-state index in [1.54, 1.807) is 17.5 Å². The summed E-state index contributed by atoms with van der Waals surface area (Å²) in [5.74, 6) is 1.32. The largest absolute Gasteiger partial charge is 0.396 e. The maximum Gasteiger partial charge on any atom is 0.225 e. The fourth-order valence-electron chi connectivity index (χ4n) is 1.88. The number of aliphatic hydroxyl groups excluding tert-OH is 1. The molecule has 2 aromatic heterocycles. The number of hydrogen-bond acceptors (Lipinski definition) is 5. The van der Waals surface area contributed by atoms with Crippen LogP contribution in [-0.4, -0.2) is 21.7 Å². The molecule has 0 aromatic carbocycles. The first-order valence-corrected chi connectivity index (χ1v) is 7.21. The Bertz CT molecular complexity index is 568. The van der Waals surface area contributed by atoms with Crippen molar-refractivity contribution >= 4 is 17.2 Å². The van der Waals surface area contributed by atoms with Crippen molar-refractivity contribution in [3.8, 4) is 0 Å². The lowest BCUT2D eigenvalue weighted by Gasteiger charge is -2.03. The highest BCUT2D eigenvalue weighted by Gasteiger charge is 2.17. The summed E-state index contributed by atoms with van der Waals surface area (Å²) < 4.78 is 2.12. The second kappa shape index (κ2) is 6.08. The fraction of sp³-hybridized carbons (Fsp3) is 0.462. The molecule has 0 saturated heterocycles. The van der Waals surface area contributed by atoms with E-state index < -0.39 is 0 Å². The van der Waals surface area contributed by atoms with Crippen LogP contribution in [0.25, 0.3) is 0 Å². The van der Waals surface area contributed by atoms with Gasteiger partial charge in [0.05, 0.1) is 10.4 Å². The zero-order chi connectivity index (χ0) is 13.8. The number of aryl methyl sites for hydroxylation is 1. The van der Waals surface area contributed by atoms with Gasteiger partial charge in [-0.05, 0) is 0 Å². The van der Waals surface area contributed by atoms with Gasteiger partial charge in [-0.15, -0.1) is 0 Å². The third kappa shape index (κ3) is 3.08. The molecule has 3 N–H and O–H groups in total. The van der Waals surface area contributed by atoms with Crippen LogP contribution in [0.5, 0.6) is 0 Å². The smallest absolute Gasteiger partial charge is 0.225 e. The van der Waals surface area contributed by atoms with Gasteiger partial charge in [0.25, 0.3) is 0 Å². The molecular formula is C13H19N4OS+. The first-order valence-electron chi connectivity index (χ1n) is 6.33. The van der Waals surface area contributed by atoms with Crippen LogP contribution < -0.4 is 10.3 Å². The molecule has 19 heavy (non-hydrogen) atoms. The summed E-state index contributed by atoms with van der Waals surface area (Å²) >= 11 is 1.65. The van der Waals surface area contributed by atoms with E-state index in [0.29, 0.717) is 18.8 Å². The molecule has 2 heterocycles. The summed E-state index contributed by atoms with van der Waals surface area (Å²) in [7, 11) is 0. The Balaban J connectivity index is 2.21. The maximum atomic E-state index is 9.00. The summed E-state index contributed by atoms with van der Waals surface area (Å²) in [5, 5.41) is 9.00. The van der Waals surface area contributed by atoms with Crippen molar-refractivity contribution in [3.05, 3.63) is 33.7 Å². The average molecular weight is 279 g/mol. The van der Waals surface area contributed by atoms with Gasteiger partial charge in [0.2, 0.25) is 5.51 Å². The van der Waals surface area contributed by atoms with Crippen LogP contribution in [0.15, 0.2) is 11.7 Å². The van der Waals surface area contributed by atoms with Crippen LogP contribution in [0.3, 0.4) is 0 Å². The Kier molecular flexibility index (Phi) is 4.44. The molecule has 0 bridgehead atoms. The fourth-order valence-corrected chi connectivity index (χ4v) is 2.87. The van der Waals surface area contributed by atoms with E-state index in [-0.39, 0.29) is 6.61 Å². The van der Waals surface area contributed by atoms with Gasteiger partial charge >= 0.3 is 0 Å². The summed E-state index contributed by atoms with van der Waals surface area (Å²) in [6.45, 7) is 4.91. The van der Waals surface area contributed by atoms with Crippen molar-refractivity contribution in [2.45, 2.75) is 33.2 Å². The number of anilines is 1. The Morgan fingerprint density at radius 2 is 2.26 bits per heavy atom. The lowest BCUT2D eigenvalue weighted by molar-refractivity contribution is -0.689. The van der Waals surface area contributed by atoms with Gasteiger partial charge in [-0.25, -0.2) is 9.97 Å². The Hall–Kier alpha value is -1.53. The van der Waals surface area contributed by atoms with Gasteiger partial charge in [0, 0.05) is 32.6 Å². The third-order valence-corrected chi connectivity index (χ3v) is 4.24. The van der Waals surface area contributed by atoms with Crippen molar-refractivity contribution in [1.82, 2.24) is 9.97 Å². The number of rotatable bonds is 5. The van der Waals surface area contributed by atoms with Crippen LogP contribution >= 0.6 is 11.3 Å². The van der Waals surface area contributed by atoms with E-state index in [4.69, 9.17) is 10.8 Å². The molecule has 102 valence electrons. The molecule has 6 heteroatoms. The highest BCUT2D eigenvalue weighted by Crippen LogP contribution is 2.13. The van der Waals surface area contributed by atoms with Gasteiger partial charge in [-0.3, -0.25) is 0 Å².